The average Bonchev–Trinajstić information content (AvgIpc) is 3.21. The summed E-state index contributed by atoms with van der Waals surface area (Å²) in [5.74, 6) is 0.381. The molecule has 0 saturated carbocycles. The lowest BCUT2D eigenvalue weighted by atomic mass is 9.76. The molecular weight excluding hydrogens is 424 g/mol. The molecule has 0 radical (unpaired) electrons. The van der Waals surface area contributed by atoms with E-state index in [9.17, 15) is 4.79 Å². The van der Waals surface area contributed by atoms with Gasteiger partial charge in [0.05, 0.1) is 23.1 Å². The number of rotatable bonds is 5. The van der Waals surface area contributed by atoms with Crippen molar-refractivity contribution < 1.29 is 9.53 Å². The monoisotopic (exact) mass is 460 g/mol. The Morgan fingerprint density at radius 2 is 1.88 bits per heavy atom. The van der Waals surface area contributed by atoms with Gasteiger partial charge in [-0.3, -0.25) is 9.78 Å². The van der Waals surface area contributed by atoms with Crippen molar-refractivity contribution in [1.29, 1.82) is 5.26 Å². The maximum atomic E-state index is 13.0. The first-order valence-corrected chi connectivity index (χ1v) is 12.2. The zero-order valence-corrected chi connectivity index (χ0v) is 21.3. The summed E-state index contributed by atoms with van der Waals surface area (Å²) in [7, 11) is 0. The molecule has 3 heterocycles. The minimum absolute atomic E-state index is 0.137. The maximum Gasteiger partial charge on any atom is 0.202 e. The number of imidazole rings is 1. The highest BCUT2D eigenvalue weighted by atomic mass is 16.5. The molecule has 1 N–H and O–H groups in total. The van der Waals surface area contributed by atoms with E-state index in [1.165, 1.54) is 11.8 Å². The molecule has 6 nitrogen and oxygen atoms in total. The van der Waals surface area contributed by atoms with Gasteiger partial charge in [-0.05, 0) is 82.4 Å². The summed E-state index contributed by atoms with van der Waals surface area (Å²) in [6.07, 6.45) is 8.79. The Bertz CT molecular complexity index is 1150. The van der Waals surface area contributed by atoms with Crippen LogP contribution in [-0.4, -0.2) is 31.9 Å². The number of hydrogen-bond acceptors (Lipinski definition) is 5. The first-order chi connectivity index (χ1) is 15.9. The molecule has 0 atom stereocenters. The van der Waals surface area contributed by atoms with E-state index < -0.39 is 0 Å². The molecule has 6 heteroatoms. The fourth-order valence-electron chi connectivity index (χ4n) is 5.52. The van der Waals surface area contributed by atoms with Crippen molar-refractivity contribution in [3.8, 4) is 6.07 Å². The lowest BCUT2D eigenvalue weighted by molar-refractivity contribution is -0.162. The number of pyridine rings is 1. The van der Waals surface area contributed by atoms with Crippen LogP contribution in [0.2, 0.25) is 0 Å². The first kappa shape index (κ1) is 24.3. The van der Waals surface area contributed by atoms with Crippen LogP contribution in [0.1, 0.15) is 113 Å². The van der Waals surface area contributed by atoms with Gasteiger partial charge in [-0.15, -0.1) is 0 Å². The lowest BCUT2D eigenvalue weighted by Crippen LogP contribution is -2.44. The molecule has 1 fully saturated rings. The molecule has 0 amide bonds. The number of ketones is 1. The maximum absolute atomic E-state index is 13.0. The van der Waals surface area contributed by atoms with Gasteiger partial charge in [0.1, 0.15) is 11.8 Å². The molecule has 2 aliphatic rings. The smallest absolute Gasteiger partial charge is 0.202 e. The average molecular weight is 461 g/mol. The van der Waals surface area contributed by atoms with Crippen molar-refractivity contribution in [2.24, 2.45) is 5.41 Å². The number of carbonyl (C=O) groups excluding carboxylic acids is 1. The fraction of sp³-hybridized carbons (Fsp3) is 0.571. The molecular formula is C28H36N4O2. The molecule has 1 aliphatic heterocycles. The SMILES string of the molecule is CC1(C)CC=C(c2nc(C3CC(C)(C)OC(C)(C)C3)ccc2CC(=O)c2ncc(C#N)[nH]2)CC1. The van der Waals surface area contributed by atoms with Crippen LogP contribution in [0.4, 0.5) is 0 Å². The Balaban J connectivity index is 1.69. The Labute approximate surface area is 202 Å². The molecule has 0 bridgehead atoms. The number of nitrogens with zero attached hydrogens (tertiary/aromatic N) is 3. The van der Waals surface area contributed by atoms with E-state index in [1.807, 2.05) is 6.07 Å². The summed E-state index contributed by atoms with van der Waals surface area (Å²) in [6, 6.07) is 6.15. The van der Waals surface area contributed by atoms with E-state index in [2.05, 4.69) is 69.7 Å². The molecule has 0 spiro atoms. The summed E-state index contributed by atoms with van der Waals surface area (Å²) in [5, 5.41) is 9.05. The van der Waals surface area contributed by atoms with Gasteiger partial charge in [0.2, 0.25) is 5.78 Å². The van der Waals surface area contributed by atoms with Gasteiger partial charge in [-0.2, -0.15) is 5.26 Å². The Morgan fingerprint density at radius 1 is 1.18 bits per heavy atom. The van der Waals surface area contributed by atoms with Crippen LogP contribution in [0.25, 0.3) is 5.57 Å². The summed E-state index contributed by atoms with van der Waals surface area (Å²) < 4.78 is 6.30. The molecule has 0 aromatic carbocycles. The summed E-state index contributed by atoms with van der Waals surface area (Å²) in [6.45, 7) is 13.2. The topological polar surface area (TPSA) is 91.7 Å². The van der Waals surface area contributed by atoms with E-state index in [1.54, 1.807) is 0 Å². The number of H-pyrrole nitrogens is 1. The van der Waals surface area contributed by atoms with Crippen molar-refractivity contribution in [2.45, 2.75) is 97.2 Å². The predicted octanol–water partition coefficient (Wildman–Crippen LogP) is 6.15. The standard InChI is InChI=1S/C28H36N4O2/c1-26(2)11-9-18(10-12-26)24-19(13-23(33)25-30-17-21(16-29)31-25)7-8-22(32-24)20-14-27(3,4)34-28(5,6)15-20/h7-9,17,20H,10-15H2,1-6H3,(H,30,31). The number of nitriles is 1. The highest BCUT2D eigenvalue weighted by Crippen LogP contribution is 2.44. The zero-order valence-electron chi connectivity index (χ0n) is 21.3. The largest absolute Gasteiger partial charge is 0.370 e. The van der Waals surface area contributed by atoms with E-state index in [0.29, 0.717) is 11.6 Å². The number of ether oxygens (including phenoxy) is 1. The Kier molecular flexibility index (Phi) is 6.29. The van der Waals surface area contributed by atoms with Gasteiger partial charge < -0.3 is 9.72 Å². The third kappa shape index (κ3) is 5.47. The molecule has 2 aromatic rings. The molecule has 1 aliphatic carbocycles. The third-order valence-electron chi connectivity index (χ3n) is 7.03. The van der Waals surface area contributed by atoms with Crippen LogP contribution in [-0.2, 0) is 11.2 Å². The van der Waals surface area contributed by atoms with Gasteiger partial charge in [0.15, 0.2) is 5.82 Å². The van der Waals surface area contributed by atoms with Crippen LogP contribution in [0.5, 0.6) is 0 Å². The van der Waals surface area contributed by atoms with Gasteiger partial charge >= 0.3 is 0 Å². The quantitative estimate of drug-likeness (QED) is 0.541. The van der Waals surface area contributed by atoms with Crippen LogP contribution in [0, 0.1) is 16.7 Å². The van der Waals surface area contributed by atoms with E-state index in [-0.39, 0.29) is 34.6 Å². The lowest BCUT2D eigenvalue weighted by Gasteiger charge is -2.45. The van der Waals surface area contributed by atoms with Crippen LogP contribution in [0.15, 0.2) is 24.4 Å². The minimum atomic E-state index is -0.214. The fourth-order valence-corrected chi connectivity index (χ4v) is 5.52. The number of nitrogens with one attached hydrogen (secondary N) is 1. The molecule has 2 aromatic heterocycles. The minimum Gasteiger partial charge on any atom is -0.370 e. The van der Waals surface area contributed by atoms with Crippen molar-refractivity contribution in [3.63, 3.8) is 0 Å². The first-order valence-electron chi connectivity index (χ1n) is 12.2. The highest BCUT2D eigenvalue weighted by molar-refractivity contribution is 5.95. The van der Waals surface area contributed by atoms with E-state index in [0.717, 1.165) is 49.1 Å². The normalized spacial score (nSPS) is 21.5. The van der Waals surface area contributed by atoms with E-state index in [4.69, 9.17) is 15.0 Å². The van der Waals surface area contributed by atoms with Gasteiger partial charge in [0.25, 0.3) is 0 Å². The molecule has 180 valence electrons. The summed E-state index contributed by atoms with van der Waals surface area (Å²) in [5.41, 5.74) is 4.31. The highest BCUT2D eigenvalue weighted by Gasteiger charge is 2.40. The van der Waals surface area contributed by atoms with Crippen molar-refractivity contribution in [1.82, 2.24) is 15.0 Å². The number of aromatic nitrogens is 3. The Hall–Kier alpha value is -2.78. The van der Waals surface area contributed by atoms with Crippen LogP contribution >= 0.6 is 0 Å². The summed E-state index contributed by atoms with van der Waals surface area (Å²) in [4.78, 5) is 25.1. The predicted molar refractivity (Wildman–Crippen MR) is 132 cm³/mol. The molecule has 1 saturated heterocycles. The molecule has 4 rings (SSSR count). The second-order valence-corrected chi connectivity index (χ2v) is 11.9. The van der Waals surface area contributed by atoms with Gasteiger partial charge in [0, 0.05) is 18.0 Å². The number of hydrogen-bond donors (Lipinski definition) is 1. The van der Waals surface area contributed by atoms with Crippen LogP contribution in [0.3, 0.4) is 0 Å². The second kappa shape index (κ2) is 8.78. The third-order valence-corrected chi connectivity index (χ3v) is 7.03. The van der Waals surface area contributed by atoms with Crippen molar-refractivity contribution in [3.05, 3.63) is 52.9 Å². The van der Waals surface area contributed by atoms with Crippen molar-refractivity contribution >= 4 is 11.4 Å². The second-order valence-electron chi connectivity index (χ2n) is 11.9. The van der Waals surface area contributed by atoms with Crippen LogP contribution < -0.4 is 0 Å². The number of Topliss-reactive ketones (excluding diaryl/α,β-unsaturated/α-hetero) is 1. The zero-order chi connectivity index (χ0) is 24.7. The van der Waals surface area contributed by atoms with Gasteiger partial charge in [-0.1, -0.05) is 26.0 Å². The molecule has 34 heavy (non-hydrogen) atoms. The van der Waals surface area contributed by atoms with E-state index >= 15 is 0 Å². The number of allylic oxidation sites excluding steroid dienone is 2. The molecule has 0 unspecified atom stereocenters. The number of aromatic amines is 1. The Morgan fingerprint density at radius 3 is 2.47 bits per heavy atom. The van der Waals surface area contributed by atoms with Gasteiger partial charge in [-0.25, -0.2) is 4.98 Å². The number of carbonyl (C=O) groups is 1. The summed E-state index contributed by atoms with van der Waals surface area (Å²) >= 11 is 0. The van der Waals surface area contributed by atoms with Crippen molar-refractivity contribution in [2.75, 3.05) is 0 Å².